The molecule has 5 heteroatoms. The van der Waals surface area contributed by atoms with Crippen molar-refractivity contribution in [2.24, 2.45) is 0 Å². The lowest BCUT2D eigenvalue weighted by Crippen LogP contribution is -2.36. The Labute approximate surface area is 105 Å². The van der Waals surface area contributed by atoms with E-state index in [0.29, 0.717) is 6.04 Å². The van der Waals surface area contributed by atoms with Gasteiger partial charge in [-0.15, -0.1) is 0 Å². The van der Waals surface area contributed by atoms with Crippen molar-refractivity contribution < 1.29 is 13.6 Å². The zero-order valence-corrected chi connectivity index (χ0v) is 10.2. The van der Waals surface area contributed by atoms with Gasteiger partial charge in [0.1, 0.15) is 0 Å². The molecule has 0 aromatic heterocycles. The highest BCUT2D eigenvalue weighted by atomic mass is 19.2. The van der Waals surface area contributed by atoms with Gasteiger partial charge in [-0.2, -0.15) is 0 Å². The van der Waals surface area contributed by atoms with Crippen molar-refractivity contribution >= 4 is 5.91 Å². The van der Waals surface area contributed by atoms with Crippen LogP contribution in [0.3, 0.4) is 0 Å². The van der Waals surface area contributed by atoms with E-state index in [-0.39, 0.29) is 18.0 Å². The van der Waals surface area contributed by atoms with E-state index in [1.807, 2.05) is 0 Å². The average molecular weight is 254 g/mol. The van der Waals surface area contributed by atoms with E-state index in [2.05, 4.69) is 10.6 Å². The molecule has 1 aromatic rings. The number of hydrogen-bond acceptors (Lipinski definition) is 2. The third-order valence-corrected chi connectivity index (χ3v) is 2.96. The fraction of sp³-hybridized carbons (Fsp3) is 0.462. The lowest BCUT2D eigenvalue weighted by Gasteiger charge is -2.15. The molecule has 18 heavy (non-hydrogen) atoms. The number of hydrogen-bond donors (Lipinski definition) is 2. The Morgan fingerprint density at radius 3 is 2.83 bits per heavy atom. The summed E-state index contributed by atoms with van der Waals surface area (Å²) in [5, 5.41) is 5.70. The fourth-order valence-electron chi connectivity index (χ4n) is 1.72. The SMILES string of the molecule is C[C@H](NCC(=O)NC1CC1)c1cccc(F)c1F. The first kappa shape index (κ1) is 13.0. The van der Waals surface area contributed by atoms with Crippen molar-refractivity contribution in [1.82, 2.24) is 10.6 Å². The Kier molecular flexibility index (Phi) is 3.91. The van der Waals surface area contributed by atoms with Crippen LogP contribution in [0.15, 0.2) is 18.2 Å². The summed E-state index contributed by atoms with van der Waals surface area (Å²) in [6.07, 6.45) is 2.06. The monoisotopic (exact) mass is 254 g/mol. The Hall–Kier alpha value is -1.49. The van der Waals surface area contributed by atoms with Crippen molar-refractivity contribution in [2.45, 2.75) is 31.8 Å². The van der Waals surface area contributed by atoms with E-state index in [4.69, 9.17) is 0 Å². The smallest absolute Gasteiger partial charge is 0.234 e. The molecule has 0 unspecified atom stereocenters. The van der Waals surface area contributed by atoms with Crippen molar-refractivity contribution in [3.63, 3.8) is 0 Å². The molecule has 0 radical (unpaired) electrons. The predicted molar refractivity (Wildman–Crippen MR) is 63.9 cm³/mol. The number of halogens is 2. The number of amides is 1. The Balaban J connectivity index is 1.88. The zero-order chi connectivity index (χ0) is 13.1. The van der Waals surface area contributed by atoms with Crippen LogP contribution in [0, 0.1) is 11.6 Å². The summed E-state index contributed by atoms with van der Waals surface area (Å²) in [4.78, 5) is 11.4. The van der Waals surface area contributed by atoms with Crippen molar-refractivity contribution in [1.29, 1.82) is 0 Å². The standard InChI is InChI=1S/C13H16F2N2O/c1-8(10-3-2-4-11(14)13(10)15)16-7-12(18)17-9-5-6-9/h2-4,8-9,16H,5-7H2,1H3,(H,17,18)/t8-/m0/s1. The van der Waals surface area contributed by atoms with Gasteiger partial charge < -0.3 is 10.6 Å². The molecule has 1 fully saturated rings. The summed E-state index contributed by atoms with van der Waals surface area (Å²) >= 11 is 0. The van der Waals surface area contributed by atoms with Crippen LogP contribution in [0.1, 0.15) is 31.4 Å². The molecule has 1 aromatic carbocycles. The van der Waals surface area contributed by atoms with E-state index in [9.17, 15) is 13.6 Å². The van der Waals surface area contributed by atoms with E-state index in [0.717, 1.165) is 18.9 Å². The Morgan fingerprint density at radius 1 is 1.44 bits per heavy atom. The largest absolute Gasteiger partial charge is 0.352 e. The van der Waals surface area contributed by atoms with Crippen LogP contribution >= 0.6 is 0 Å². The van der Waals surface area contributed by atoms with E-state index in [1.165, 1.54) is 12.1 Å². The average Bonchev–Trinajstić information content (AvgIpc) is 3.13. The molecule has 1 aliphatic carbocycles. The quantitative estimate of drug-likeness (QED) is 0.842. The highest BCUT2D eigenvalue weighted by Crippen LogP contribution is 2.19. The summed E-state index contributed by atoms with van der Waals surface area (Å²) in [5.41, 5.74) is 0.231. The first-order chi connectivity index (χ1) is 8.58. The highest BCUT2D eigenvalue weighted by molar-refractivity contribution is 5.78. The maximum atomic E-state index is 13.5. The lowest BCUT2D eigenvalue weighted by atomic mass is 10.1. The highest BCUT2D eigenvalue weighted by Gasteiger charge is 2.23. The van der Waals surface area contributed by atoms with Crippen LogP contribution in [-0.2, 0) is 4.79 Å². The molecule has 98 valence electrons. The second kappa shape index (κ2) is 5.44. The van der Waals surface area contributed by atoms with Gasteiger partial charge in [0.05, 0.1) is 6.54 Å². The molecule has 1 saturated carbocycles. The van der Waals surface area contributed by atoms with Crippen LogP contribution in [0.5, 0.6) is 0 Å². The van der Waals surface area contributed by atoms with Crippen LogP contribution in [0.4, 0.5) is 8.78 Å². The molecule has 0 saturated heterocycles. The van der Waals surface area contributed by atoms with Crippen molar-refractivity contribution in [3.05, 3.63) is 35.4 Å². The maximum Gasteiger partial charge on any atom is 0.234 e. The number of rotatable bonds is 5. The second-order valence-electron chi connectivity index (χ2n) is 4.59. The topological polar surface area (TPSA) is 41.1 Å². The van der Waals surface area contributed by atoms with Gasteiger partial charge in [0, 0.05) is 17.6 Å². The van der Waals surface area contributed by atoms with Gasteiger partial charge in [0.15, 0.2) is 11.6 Å². The van der Waals surface area contributed by atoms with Gasteiger partial charge >= 0.3 is 0 Å². The van der Waals surface area contributed by atoms with Gasteiger partial charge in [0.25, 0.3) is 0 Å². The maximum absolute atomic E-state index is 13.5. The van der Waals surface area contributed by atoms with Gasteiger partial charge in [0.2, 0.25) is 5.91 Å². The molecular weight excluding hydrogens is 238 g/mol. The number of carbonyl (C=O) groups excluding carboxylic acids is 1. The number of benzene rings is 1. The van der Waals surface area contributed by atoms with E-state index in [1.54, 1.807) is 6.92 Å². The minimum Gasteiger partial charge on any atom is -0.352 e. The number of nitrogens with one attached hydrogen (secondary N) is 2. The minimum atomic E-state index is -0.872. The molecule has 1 aliphatic rings. The van der Waals surface area contributed by atoms with Gasteiger partial charge in [-0.3, -0.25) is 4.79 Å². The molecule has 0 bridgehead atoms. The summed E-state index contributed by atoms with van der Waals surface area (Å²) in [6.45, 7) is 1.80. The third-order valence-electron chi connectivity index (χ3n) is 2.96. The zero-order valence-electron chi connectivity index (χ0n) is 10.2. The van der Waals surface area contributed by atoms with E-state index < -0.39 is 17.7 Å². The Morgan fingerprint density at radius 2 is 2.17 bits per heavy atom. The van der Waals surface area contributed by atoms with Gasteiger partial charge in [-0.1, -0.05) is 12.1 Å². The summed E-state index contributed by atoms with van der Waals surface area (Å²) in [7, 11) is 0. The first-order valence-electron chi connectivity index (χ1n) is 6.04. The molecule has 0 aliphatic heterocycles. The Bertz CT molecular complexity index is 447. The molecule has 2 rings (SSSR count). The molecule has 3 nitrogen and oxygen atoms in total. The fourth-order valence-corrected chi connectivity index (χ4v) is 1.72. The number of carbonyl (C=O) groups is 1. The first-order valence-corrected chi connectivity index (χ1v) is 6.04. The second-order valence-corrected chi connectivity index (χ2v) is 4.59. The van der Waals surface area contributed by atoms with Crippen LogP contribution in [0.25, 0.3) is 0 Å². The normalized spacial score (nSPS) is 16.4. The summed E-state index contributed by atoms with van der Waals surface area (Å²) in [5.74, 6) is -1.84. The molecule has 0 spiro atoms. The van der Waals surface area contributed by atoms with Crippen LogP contribution < -0.4 is 10.6 Å². The van der Waals surface area contributed by atoms with Gasteiger partial charge in [-0.05, 0) is 25.8 Å². The molecule has 0 heterocycles. The predicted octanol–water partition coefficient (Wildman–Crippen LogP) is 1.89. The molecule has 1 atom stereocenters. The van der Waals surface area contributed by atoms with E-state index >= 15 is 0 Å². The lowest BCUT2D eigenvalue weighted by molar-refractivity contribution is -0.120. The summed E-state index contributed by atoms with van der Waals surface area (Å²) < 4.78 is 26.5. The third kappa shape index (κ3) is 3.26. The molecule has 1 amide bonds. The van der Waals surface area contributed by atoms with Gasteiger partial charge in [-0.25, -0.2) is 8.78 Å². The molecular formula is C13H16F2N2O. The minimum absolute atomic E-state index is 0.105. The van der Waals surface area contributed by atoms with Crippen LogP contribution in [-0.4, -0.2) is 18.5 Å². The molecule has 2 N–H and O–H groups in total. The van der Waals surface area contributed by atoms with Crippen molar-refractivity contribution in [3.8, 4) is 0 Å². The summed E-state index contributed by atoms with van der Waals surface area (Å²) in [6, 6.07) is 3.93. The van der Waals surface area contributed by atoms with Crippen LogP contribution in [0.2, 0.25) is 0 Å². The van der Waals surface area contributed by atoms with Crippen molar-refractivity contribution in [2.75, 3.05) is 6.54 Å².